The number of amides is 1. The van der Waals surface area contributed by atoms with E-state index in [2.05, 4.69) is 38.8 Å². The van der Waals surface area contributed by atoms with E-state index in [1.54, 1.807) is 11.3 Å². The average molecular weight is 409 g/mol. The number of carbonyl (C=O) groups excluding carboxylic acids is 1. The van der Waals surface area contributed by atoms with Crippen molar-refractivity contribution in [1.29, 1.82) is 0 Å². The zero-order valence-corrected chi connectivity index (χ0v) is 15.9. The lowest BCUT2D eigenvalue weighted by Gasteiger charge is -2.07. The molecule has 0 aliphatic rings. The second-order valence-electron chi connectivity index (χ2n) is 5.13. The second-order valence-corrected chi connectivity index (χ2v) is 8.06. The standard InChI is InChI=1S/C17H17BrN2OS2/c1-20-14-7-3-2-6-13(14)15(18)16(20)17(21)19-8-10-22-11-12-5-4-9-23-12/h2-7,9H,8,10-11H2,1H3,(H,19,21). The number of benzene rings is 1. The maximum Gasteiger partial charge on any atom is 0.269 e. The number of carbonyl (C=O) groups is 1. The van der Waals surface area contributed by atoms with Crippen molar-refractivity contribution < 1.29 is 4.79 Å². The van der Waals surface area contributed by atoms with Crippen LogP contribution in [0.2, 0.25) is 0 Å². The van der Waals surface area contributed by atoms with E-state index >= 15 is 0 Å². The van der Waals surface area contributed by atoms with Crippen LogP contribution in [0.3, 0.4) is 0 Å². The van der Waals surface area contributed by atoms with Crippen LogP contribution in [-0.4, -0.2) is 22.8 Å². The van der Waals surface area contributed by atoms with E-state index in [9.17, 15) is 4.79 Å². The highest BCUT2D eigenvalue weighted by molar-refractivity contribution is 9.10. The lowest BCUT2D eigenvalue weighted by molar-refractivity contribution is 0.0947. The molecule has 0 atom stereocenters. The van der Waals surface area contributed by atoms with Gasteiger partial charge in [0.2, 0.25) is 0 Å². The van der Waals surface area contributed by atoms with Gasteiger partial charge in [-0.25, -0.2) is 0 Å². The van der Waals surface area contributed by atoms with Gasteiger partial charge in [-0.05, 0) is 33.4 Å². The summed E-state index contributed by atoms with van der Waals surface area (Å²) in [6, 6.07) is 12.2. The van der Waals surface area contributed by atoms with Gasteiger partial charge in [0.15, 0.2) is 0 Å². The van der Waals surface area contributed by atoms with Crippen LogP contribution in [0.1, 0.15) is 15.4 Å². The van der Waals surface area contributed by atoms with E-state index in [4.69, 9.17) is 0 Å². The SMILES string of the molecule is Cn1c(C(=O)NCCSCc2cccs2)c(Br)c2ccccc21. The topological polar surface area (TPSA) is 34.0 Å². The van der Waals surface area contributed by atoms with E-state index in [-0.39, 0.29) is 5.91 Å². The van der Waals surface area contributed by atoms with Crippen molar-refractivity contribution in [1.82, 2.24) is 9.88 Å². The molecule has 0 spiro atoms. The number of para-hydroxylation sites is 1. The molecule has 0 saturated heterocycles. The van der Waals surface area contributed by atoms with Crippen LogP contribution >= 0.6 is 39.0 Å². The summed E-state index contributed by atoms with van der Waals surface area (Å²) in [6.45, 7) is 0.669. The molecule has 0 bridgehead atoms. The zero-order chi connectivity index (χ0) is 16.2. The molecule has 3 nitrogen and oxygen atoms in total. The van der Waals surface area contributed by atoms with Gasteiger partial charge in [0.25, 0.3) is 5.91 Å². The first kappa shape index (κ1) is 16.6. The number of aromatic nitrogens is 1. The fraction of sp³-hybridized carbons (Fsp3) is 0.235. The van der Waals surface area contributed by atoms with Gasteiger partial charge in [0.05, 0.1) is 4.47 Å². The molecule has 0 aliphatic carbocycles. The molecule has 2 aromatic heterocycles. The summed E-state index contributed by atoms with van der Waals surface area (Å²) in [7, 11) is 1.92. The number of hydrogen-bond donors (Lipinski definition) is 1. The Hall–Kier alpha value is -1.24. The molecule has 0 unspecified atom stereocenters. The Kier molecular flexibility index (Phi) is 5.46. The quantitative estimate of drug-likeness (QED) is 0.601. The summed E-state index contributed by atoms with van der Waals surface area (Å²) in [5.74, 6) is 1.88. The van der Waals surface area contributed by atoms with Crippen molar-refractivity contribution in [2.75, 3.05) is 12.3 Å². The van der Waals surface area contributed by atoms with Crippen LogP contribution in [0, 0.1) is 0 Å². The second kappa shape index (κ2) is 7.55. The van der Waals surface area contributed by atoms with E-state index in [1.807, 2.05) is 47.6 Å². The Morgan fingerprint density at radius 3 is 2.87 bits per heavy atom. The van der Waals surface area contributed by atoms with Gasteiger partial charge in [0.1, 0.15) is 5.69 Å². The van der Waals surface area contributed by atoms with E-state index in [0.29, 0.717) is 12.2 Å². The highest BCUT2D eigenvalue weighted by atomic mass is 79.9. The summed E-state index contributed by atoms with van der Waals surface area (Å²) in [4.78, 5) is 13.9. The van der Waals surface area contributed by atoms with Crippen LogP contribution < -0.4 is 5.32 Å². The molecule has 1 aromatic carbocycles. The van der Waals surface area contributed by atoms with Crippen LogP contribution in [-0.2, 0) is 12.8 Å². The molecular formula is C17H17BrN2OS2. The summed E-state index contributed by atoms with van der Waals surface area (Å²) >= 11 is 7.18. The van der Waals surface area contributed by atoms with Crippen molar-refractivity contribution in [3.05, 3.63) is 56.8 Å². The van der Waals surface area contributed by atoms with Crippen molar-refractivity contribution in [2.24, 2.45) is 7.05 Å². The summed E-state index contributed by atoms with van der Waals surface area (Å²) in [6.07, 6.45) is 0. The van der Waals surface area contributed by atoms with Crippen molar-refractivity contribution in [3.8, 4) is 0 Å². The van der Waals surface area contributed by atoms with Gasteiger partial charge in [-0.15, -0.1) is 11.3 Å². The van der Waals surface area contributed by atoms with Gasteiger partial charge in [0, 0.05) is 40.9 Å². The molecule has 23 heavy (non-hydrogen) atoms. The molecule has 0 saturated carbocycles. The third-order valence-corrected chi connectivity index (χ3v) is 6.49. The fourth-order valence-electron chi connectivity index (χ4n) is 2.49. The first-order valence-electron chi connectivity index (χ1n) is 7.29. The molecular weight excluding hydrogens is 392 g/mol. The average Bonchev–Trinajstić information content (AvgIpc) is 3.15. The van der Waals surface area contributed by atoms with Crippen molar-refractivity contribution >= 4 is 55.8 Å². The number of thiophene rings is 1. The normalized spacial score (nSPS) is 11.0. The van der Waals surface area contributed by atoms with Gasteiger partial charge < -0.3 is 9.88 Å². The Balaban J connectivity index is 1.58. The van der Waals surface area contributed by atoms with Crippen molar-refractivity contribution in [2.45, 2.75) is 5.75 Å². The smallest absolute Gasteiger partial charge is 0.269 e. The number of thioether (sulfide) groups is 1. The Labute approximate surface area is 152 Å². The third kappa shape index (κ3) is 3.65. The van der Waals surface area contributed by atoms with Gasteiger partial charge in [-0.1, -0.05) is 24.3 Å². The third-order valence-electron chi connectivity index (χ3n) is 3.62. The highest BCUT2D eigenvalue weighted by Gasteiger charge is 2.18. The maximum absolute atomic E-state index is 12.5. The summed E-state index contributed by atoms with van der Waals surface area (Å²) in [5, 5.41) is 6.17. The zero-order valence-electron chi connectivity index (χ0n) is 12.7. The highest BCUT2D eigenvalue weighted by Crippen LogP contribution is 2.30. The predicted octanol–water partition coefficient (Wildman–Crippen LogP) is 4.67. The first-order valence-corrected chi connectivity index (χ1v) is 10.1. The molecule has 3 rings (SSSR count). The van der Waals surface area contributed by atoms with E-state index < -0.39 is 0 Å². The molecule has 0 radical (unpaired) electrons. The number of nitrogens with zero attached hydrogens (tertiary/aromatic N) is 1. The molecule has 0 fully saturated rings. The number of halogens is 1. The number of nitrogens with one attached hydrogen (secondary N) is 1. The van der Waals surface area contributed by atoms with Gasteiger partial charge >= 0.3 is 0 Å². The summed E-state index contributed by atoms with van der Waals surface area (Å²) in [5.41, 5.74) is 1.73. The Morgan fingerprint density at radius 2 is 2.13 bits per heavy atom. The number of rotatable bonds is 6. The number of hydrogen-bond acceptors (Lipinski definition) is 3. The molecule has 1 N–H and O–H groups in total. The fourth-order valence-corrected chi connectivity index (χ4v) is 4.97. The first-order chi connectivity index (χ1) is 11.2. The largest absolute Gasteiger partial charge is 0.350 e. The van der Waals surface area contributed by atoms with Gasteiger partial charge in [-0.3, -0.25) is 4.79 Å². The van der Waals surface area contributed by atoms with Gasteiger partial charge in [-0.2, -0.15) is 11.8 Å². The van der Waals surface area contributed by atoms with Crippen LogP contribution in [0.15, 0.2) is 46.3 Å². The molecule has 1 amide bonds. The predicted molar refractivity (Wildman–Crippen MR) is 103 cm³/mol. The minimum absolute atomic E-state index is 0.0349. The monoisotopic (exact) mass is 408 g/mol. The molecule has 6 heteroatoms. The van der Waals surface area contributed by atoms with Crippen LogP contribution in [0.4, 0.5) is 0 Å². The lowest BCUT2D eigenvalue weighted by atomic mass is 10.2. The van der Waals surface area contributed by atoms with E-state index in [0.717, 1.165) is 26.9 Å². The van der Waals surface area contributed by atoms with Crippen LogP contribution in [0.5, 0.6) is 0 Å². The lowest BCUT2D eigenvalue weighted by Crippen LogP contribution is -2.27. The maximum atomic E-state index is 12.5. The minimum atomic E-state index is -0.0349. The molecule has 0 aliphatic heterocycles. The number of fused-ring (bicyclic) bond motifs is 1. The Morgan fingerprint density at radius 1 is 1.30 bits per heavy atom. The molecule has 2 heterocycles. The van der Waals surface area contributed by atoms with E-state index in [1.165, 1.54) is 4.88 Å². The number of aryl methyl sites for hydroxylation is 1. The molecule has 120 valence electrons. The van der Waals surface area contributed by atoms with Crippen molar-refractivity contribution in [3.63, 3.8) is 0 Å². The summed E-state index contributed by atoms with van der Waals surface area (Å²) < 4.78 is 2.80. The molecule has 3 aromatic rings. The minimum Gasteiger partial charge on any atom is -0.350 e. The van der Waals surface area contributed by atoms with Crippen LogP contribution in [0.25, 0.3) is 10.9 Å². The Bertz CT molecular complexity index is 772.